The number of H-pyrrole nitrogens is 2. The van der Waals surface area contributed by atoms with Crippen LogP contribution >= 0.6 is 0 Å². The molecule has 30 heavy (non-hydrogen) atoms. The van der Waals surface area contributed by atoms with Crippen molar-refractivity contribution in [3.8, 4) is 11.3 Å². The fraction of sp³-hybridized carbons (Fsp3) is 0.200. The molecule has 3 heterocycles. The summed E-state index contributed by atoms with van der Waals surface area (Å²) in [7, 11) is 0. The van der Waals surface area contributed by atoms with E-state index in [0.29, 0.717) is 18.7 Å². The molecule has 0 bridgehead atoms. The second kappa shape index (κ2) is 7.67. The molecule has 5 nitrogen and oxygen atoms in total. The van der Waals surface area contributed by atoms with Crippen LogP contribution in [0.3, 0.4) is 0 Å². The molecule has 1 aliphatic heterocycles. The van der Waals surface area contributed by atoms with Gasteiger partial charge in [0.2, 0.25) is 0 Å². The number of piperidine rings is 1. The molecule has 1 aliphatic rings. The summed E-state index contributed by atoms with van der Waals surface area (Å²) in [5.41, 5.74) is 4.42. The first-order chi connectivity index (χ1) is 14.7. The first kappa shape index (κ1) is 18.4. The standard InChI is InChI=1S/C25H23N3O2/c29-24-20(10-6-14-26-24)23-22(19-9-4-5-11-21(19)27-23)17-12-15-28(16-13-17)25(30)18-7-2-1-3-8-18/h1-11,14,17,27H,12-13,15-16H2,(H,26,29). The number of aromatic nitrogens is 2. The average molecular weight is 397 g/mol. The SMILES string of the molecule is O=C(c1ccccc1)N1CCC(c2c(-c3ccc[nH]c3=O)[nH]c3ccccc23)CC1. The molecular weight excluding hydrogens is 374 g/mol. The Bertz CT molecular complexity index is 1250. The van der Waals surface area contributed by atoms with E-state index in [2.05, 4.69) is 16.0 Å². The van der Waals surface area contributed by atoms with Crippen LogP contribution in [0, 0.1) is 0 Å². The lowest BCUT2D eigenvalue weighted by atomic mass is 9.86. The number of carbonyl (C=O) groups is 1. The molecule has 0 aliphatic carbocycles. The summed E-state index contributed by atoms with van der Waals surface area (Å²) in [5.74, 6) is 0.378. The number of aromatic amines is 2. The molecule has 1 amide bonds. The van der Waals surface area contributed by atoms with Gasteiger partial charge in [-0.2, -0.15) is 0 Å². The smallest absolute Gasteiger partial charge is 0.257 e. The zero-order valence-electron chi connectivity index (χ0n) is 16.6. The summed E-state index contributed by atoms with van der Waals surface area (Å²) >= 11 is 0. The van der Waals surface area contributed by atoms with Gasteiger partial charge in [0.1, 0.15) is 0 Å². The van der Waals surface area contributed by atoms with Gasteiger partial charge < -0.3 is 14.9 Å². The van der Waals surface area contributed by atoms with E-state index in [-0.39, 0.29) is 17.4 Å². The van der Waals surface area contributed by atoms with E-state index in [1.165, 1.54) is 5.56 Å². The zero-order chi connectivity index (χ0) is 20.5. The molecule has 0 radical (unpaired) electrons. The van der Waals surface area contributed by atoms with E-state index in [1.807, 2.05) is 65.6 Å². The number of carbonyl (C=O) groups excluding carboxylic acids is 1. The fourth-order valence-corrected chi connectivity index (χ4v) is 4.55. The highest BCUT2D eigenvalue weighted by atomic mass is 16.2. The first-order valence-corrected chi connectivity index (χ1v) is 10.4. The predicted molar refractivity (Wildman–Crippen MR) is 119 cm³/mol. The molecule has 1 fully saturated rings. The summed E-state index contributed by atoms with van der Waals surface area (Å²) < 4.78 is 0. The molecule has 150 valence electrons. The van der Waals surface area contributed by atoms with Crippen LogP contribution in [0.1, 0.15) is 34.7 Å². The Labute approximate surface area is 174 Å². The van der Waals surface area contributed by atoms with Crippen molar-refractivity contribution in [3.05, 3.63) is 94.4 Å². The molecule has 1 saturated heterocycles. The maximum absolute atomic E-state index is 12.8. The molecule has 4 aromatic rings. The van der Waals surface area contributed by atoms with E-state index in [4.69, 9.17) is 0 Å². The van der Waals surface area contributed by atoms with Gasteiger partial charge in [0.25, 0.3) is 11.5 Å². The van der Waals surface area contributed by atoms with E-state index >= 15 is 0 Å². The normalized spacial score (nSPS) is 14.9. The Hall–Kier alpha value is -3.60. The van der Waals surface area contributed by atoms with Gasteiger partial charge in [-0.3, -0.25) is 9.59 Å². The van der Waals surface area contributed by atoms with Gasteiger partial charge in [0, 0.05) is 35.8 Å². The zero-order valence-corrected chi connectivity index (χ0v) is 16.6. The highest BCUT2D eigenvalue weighted by Gasteiger charge is 2.29. The number of hydrogen-bond donors (Lipinski definition) is 2. The Balaban J connectivity index is 1.47. The average Bonchev–Trinajstić information content (AvgIpc) is 3.19. The monoisotopic (exact) mass is 397 g/mol. The van der Waals surface area contributed by atoms with Crippen LogP contribution < -0.4 is 5.56 Å². The highest BCUT2D eigenvalue weighted by Crippen LogP contribution is 2.39. The van der Waals surface area contributed by atoms with Crippen molar-refractivity contribution in [1.82, 2.24) is 14.9 Å². The fourth-order valence-electron chi connectivity index (χ4n) is 4.55. The highest BCUT2D eigenvalue weighted by molar-refractivity contribution is 5.94. The van der Waals surface area contributed by atoms with E-state index in [1.54, 1.807) is 6.20 Å². The van der Waals surface area contributed by atoms with Crippen LogP contribution in [0.5, 0.6) is 0 Å². The molecule has 2 aromatic heterocycles. The molecular formula is C25H23N3O2. The number of fused-ring (bicyclic) bond motifs is 1. The van der Waals surface area contributed by atoms with Crippen LogP contribution in [0.2, 0.25) is 0 Å². The van der Waals surface area contributed by atoms with Crippen molar-refractivity contribution >= 4 is 16.8 Å². The van der Waals surface area contributed by atoms with Crippen molar-refractivity contribution in [3.63, 3.8) is 0 Å². The number of amides is 1. The third kappa shape index (κ3) is 3.22. The van der Waals surface area contributed by atoms with Gasteiger partial charge in [-0.25, -0.2) is 0 Å². The number of rotatable bonds is 3. The summed E-state index contributed by atoms with van der Waals surface area (Å²) in [4.78, 5) is 33.5. The Kier molecular flexibility index (Phi) is 4.71. The van der Waals surface area contributed by atoms with Crippen LogP contribution in [0.15, 0.2) is 77.7 Å². The van der Waals surface area contributed by atoms with Crippen LogP contribution in [0.25, 0.3) is 22.2 Å². The Morgan fingerprint density at radius 3 is 2.40 bits per heavy atom. The molecule has 0 unspecified atom stereocenters. The summed E-state index contributed by atoms with van der Waals surface area (Å²) in [6.45, 7) is 1.42. The minimum Gasteiger partial charge on any atom is -0.354 e. The second-order valence-electron chi connectivity index (χ2n) is 7.80. The second-order valence-corrected chi connectivity index (χ2v) is 7.80. The van der Waals surface area contributed by atoms with Crippen molar-refractivity contribution < 1.29 is 4.79 Å². The molecule has 2 aromatic carbocycles. The number of nitrogens with one attached hydrogen (secondary N) is 2. The molecule has 2 N–H and O–H groups in total. The minimum absolute atomic E-state index is 0.0905. The topological polar surface area (TPSA) is 69.0 Å². The van der Waals surface area contributed by atoms with Gasteiger partial charge in [-0.15, -0.1) is 0 Å². The summed E-state index contributed by atoms with van der Waals surface area (Å²) in [5, 5.41) is 1.16. The van der Waals surface area contributed by atoms with Gasteiger partial charge in [0.15, 0.2) is 0 Å². The largest absolute Gasteiger partial charge is 0.354 e. The van der Waals surface area contributed by atoms with E-state index in [9.17, 15) is 9.59 Å². The number of pyridine rings is 1. The van der Waals surface area contributed by atoms with Gasteiger partial charge >= 0.3 is 0 Å². The molecule has 5 heteroatoms. The summed E-state index contributed by atoms with van der Waals surface area (Å²) in [6, 6.07) is 21.4. The molecule has 0 saturated carbocycles. The number of para-hydroxylation sites is 1. The van der Waals surface area contributed by atoms with Crippen LogP contribution in [-0.2, 0) is 0 Å². The maximum atomic E-state index is 12.8. The lowest BCUT2D eigenvalue weighted by Gasteiger charge is -2.32. The van der Waals surface area contributed by atoms with Gasteiger partial charge in [0.05, 0.1) is 11.3 Å². The predicted octanol–water partition coefficient (Wildman–Crippen LogP) is 4.54. The first-order valence-electron chi connectivity index (χ1n) is 10.4. The third-order valence-corrected chi connectivity index (χ3v) is 6.04. The van der Waals surface area contributed by atoms with Gasteiger partial charge in [-0.1, -0.05) is 36.4 Å². The van der Waals surface area contributed by atoms with Crippen molar-refractivity contribution in [2.24, 2.45) is 0 Å². The van der Waals surface area contributed by atoms with Crippen molar-refractivity contribution in [1.29, 1.82) is 0 Å². The maximum Gasteiger partial charge on any atom is 0.257 e. The van der Waals surface area contributed by atoms with Gasteiger partial charge in [-0.05, 0) is 54.7 Å². The molecule has 0 atom stereocenters. The van der Waals surface area contributed by atoms with E-state index < -0.39 is 0 Å². The minimum atomic E-state index is -0.0954. The lowest BCUT2D eigenvalue weighted by Crippen LogP contribution is -2.38. The van der Waals surface area contributed by atoms with Crippen molar-refractivity contribution in [2.45, 2.75) is 18.8 Å². The summed E-state index contributed by atoms with van der Waals surface area (Å²) in [6.07, 6.45) is 3.40. The number of likely N-dealkylation sites (tertiary alicyclic amines) is 1. The number of hydrogen-bond acceptors (Lipinski definition) is 2. The lowest BCUT2D eigenvalue weighted by molar-refractivity contribution is 0.0713. The molecule has 5 rings (SSSR count). The van der Waals surface area contributed by atoms with E-state index in [0.717, 1.165) is 35.0 Å². The van der Waals surface area contributed by atoms with Crippen molar-refractivity contribution in [2.75, 3.05) is 13.1 Å². The van der Waals surface area contributed by atoms with Crippen LogP contribution in [0.4, 0.5) is 0 Å². The Morgan fingerprint density at radius 2 is 1.63 bits per heavy atom. The number of nitrogens with zero attached hydrogens (tertiary/aromatic N) is 1. The quantitative estimate of drug-likeness (QED) is 0.533. The van der Waals surface area contributed by atoms with Crippen LogP contribution in [-0.4, -0.2) is 33.9 Å². The molecule has 0 spiro atoms. The Morgan fingerprint density at radius 1 is 0.900 bits per heavy atom. The number of benzene rings is 2. The third-order valence-electron chi connectivity index (χ3n) is 6.04.